The van der Waals surface area contributed by atoms with E-state index in [2.05, 4.69) is 0 Å². The predicted molar refractivity (Wildman–Crippen MR) is 91.0 cm³/mol. The smallest absolute Gasteiger partial charge is 0.325 e. The molecule has 0 spiro atoms. The molecule has 26 heavy (non-hydrogen) atoms. The second kappa shape index (κ2) is 7.90. The number of hydrogen-bond acceptors (Lipinski definition) is 7. The fraction of sp³-hybridized carbons (Fsp3) is 0.389. The third-order valence-electron chi connectivity index (χ3n) is 4.01. The highest BCUT2D eigenvalue weighted by molar-refractivity contribution is 6.08. The van der Waals surface area contributed by atoms with Gasteiger partial charge in [0.25, 0.3) is 5.91 Å². The minimum absolute atomic E-state index is 0.0773. The Hall–Kier alpha value is -3.03. The summed E-state index contributed by atoms with van der Waals surface area (Å²) in [6, 6.07) is 3.92. The summed E-state index contributed by atoms with van der Waals surface area (Å²) < 4.78 is 15.3. The van der Waals surface area contributed by atoms with Crippen LogP contribution in [0.1, 0.15) is 25.5 Å². The fourth-order valence-corrected chi connectivity index (χ4v) is 2.89. The largest absolute Gasteiger partial charge is 0.503 e. The van der Waals surface area contributed by atoms with Crippen LogP contribution in [0.2, 0.25) is 0 Å². The van der Waals surface area contributed by atoms with Gasteiger partial charge in [-0.15, -0.1) is 0 Å². The molecular formula is C18H21NO7. The minimum atomic E-state index is -0.927. The zero-order valence-electron chi connectivity index (χ0n) is 15.1. The number of benzene rings is 1. The first-order chi connectivity index (χ1) is 12.3. The Labute approximate surface area is 150 Å². The first-order valence-electron chi connectivity index (χ1n) is 7.98. The fourth-order valence-electron chi connectivity index (χ4n) is 2.89. The van der Waals surface area contributed by atoms with Crippen molar-refractivity contribution in [1.82, 2.24) is 4.90 Å². The number of rotatable bonds is 7. The summed E-state index contributed by atoms with van der Waals surface area (Å²) in [4.78, 5) is 37.5. The van der Waals surface area contributed by atoms with Crippen molar-refractivity contribution >= 4 is 17.7 Å². The number of aliphatic hydroxyl groups is 1. The lowest BCUT2D eigenvalue weighted by Crippen LogP contribution is -2.36. The number of ether oxygens (including phenoxy) is 3. The molecular weight excluding hydrogens is 342 g/mol. The van der Waals surface area contributed by atoms with Crippen LogP contribution in [0.25, 0.3) is 0 Å². The van der Waals surface area contributed by atoms with E-state index in [0.29, 0.717) is 17.1 Å². The van der Waals surface area contributed by atoms with Crippen molar-refractivity contribution in [1.29, 1.82) is 0 Å². The molecule has 1 aromatic carbocycles. The lowest BCUT2D eigenvalue weighted by atomic mass is 9.96. The number of hydrogen-bond donors (Lipinski definition) is 1. The van der Waals surface area contributed by atoms with E-state index in [1.165, 1.54) is 21.1 Å². The average molecular weight is 363 g/mol. The van der Waals surface area contributed by atoms with Gasteiger partial charge in [0.1, 0.15) is 6.54 Å². The molecule has 0 fully saturated rings. The third-order valence-corrected chi connectivity index (χ3v) is 4.01. The number of Topliss-reactive ketones (excluding diaryl/α,β-unsaturated/α-hetero) is 1. The SMILES string of the molecule is CCOC(=O)CN1C(=O)C(O)=C(C(C)=O)C1c1ccc(OC)c(OC)c1. The van der Waals surface area contributed by atoms with Crippen molar-refractivity contribution in [2.45, 2.75) is 19.9 Å². The molecule has 1 heterocycles. The van der Waals surface area contributed by atoms with E-state index in [4.69, 9.17) is 14.2 Å². The zero-order chi connectivity index (χ0) is 19.4. The van der Waals surface area contributed by atoms with Gasteiger partial charge in [-0.3, -0.25) is 14.4 Å². The van der Waals surface area contributed by atoms with Crippen LogP contribution in [-0.4, -0.2) is 55.0 Å². The summed E-state index contributed by atoms with van der Waals surface area (Å²) in [6.07, 6.45) is 0. The van der Waals surface area contributed by atoms with E-state index in [0.717, 1.165) is 4.90 Å². The lowest BCUT2D eigenvalue weighted by molar-refractivity contribution is -0.148. The third kappa shape index (κ3) is 3.49. The Bertz CT molecular complexity index is 769. The van der Waals surface area contributed by atoms with Gasteiger partial charge in [0, 0.05) is 0 Å². The second-order valence-corrected chi connectivity index (χ2v) is 5.57. The Balaban J connectivity index is 2.52. The van der Waals surface area contributed by atoms with Crippen LogP contribution < -0.4 is 9.47 Å². The molecule has 1 atom stereocenters. The van der Waals surface area contributed by atoms with Crippen molar-refractivity contribution in [3.05, 3.63) is 35.1 Å². The number of carbonyl (C=O) groups is 3. The van der Waals surface area contributed by atoms with Crippen molar-refractivity contribution in [2.75, 3.05) is 27.4 Å². The van der Waals surface area contributed by atoms with Crippen molar-refractivity contribution in [3.63, 3.8) is 0 Å². The van der Waals surface area contributed by atoms with Crippen LogP contribution in [-0.2, 0) is 19.1 Å². The van der Waals surface area contributed by atoms with E-state index in [1.807, 2.05) is 0 Å². The van der Waals surface area contributed by atoms with E-state index < -0.39 is 36.0 Å². The zero-order valence-corrected chi connectivity index (χ0v) is 15.1. The van der Waals surface area contributed by atoms with Gasteiger partial charge in [0.15, 0.2) is 23.0 Å². The first kappa shape index (κ1) is 19.3. The van der Waals surface area contributed by atoms with Gasteiger partial charge in [-0.2, -0.15) is 0 Å². The molecule has 1 unspecified atom stereocenters. The van der Waals surface area contributed by atoms with Crippen molar-refractivity contribution in [2.24, 2.45) is 0 Å². The molecule has 0 bridgehead atoms. The molecule has 8 nitrogen and oxygen atoms in total. The summed E-state index contributed by atoms with van der Waals surface area (Å²) in [5.41, 5.74) is 0.418. The van der Waals surface area contributed by atoms with Gasteiger partial charge < -0.3 is 24.2 Å². The van der Waals surface area contributed by atoms with Crippen molar-refractivity contribution < 1.29 is 33.7 Å². The van der Waals surface area contributed by atoms with Gasteiger partial charge >= 0.3 is 5.97 Å². The number of esters is 1. The second-order valence-electron chi connectivity index (χ2n) is 5.57. The van der Waals surface area contributed by atoms with Crippen LogP contribution >= 0.6 is 0 Å². The predicted octanol–water partition coefficient (Wildman–Crippen LogP) is 1.55. The summed E-state index contributed by atoms with van der Waals surface area (Å²) in [7, 11) is 2.94. The molecule has 0 saturated carbocycles. The molecule has 140 valence electrons. The quantitative estimate of drug-likeness (QED) is 0.733. The van der Waals surface area contributed by atoms with E-state index in [9.17, 15) is 19.5 Å². The maximum atomic E-state index is 12.4. The van der Waals surface area contributed by atoms with Crippen LogP contribution in [0.3, 0.4) is 0 Å². The monoisotopic (exact) mass is 363 g/mol. The molecule has 8 heteroatoms. The summed E-state index contributed by atoms with van der Waals surface area (Å²) >= 11 is 0. The number of ketones is 1. The van der Waals surface area contributed by atoms with Crippen LogP contribution in [0.4, 0.5) is 0 Å². The van der Waals surface area contributed by atoms with Gasteiger partial charge in [-0.05, 0) is 31.5 Å². The van der Waals surface area contributed by atoms with Crippen LogP contribution in [0, 0.1) is 0 Å². The molecule has 1 N–H and O–H groups in total. The Kier molecular flexibility index (Phi) is 5.86. The number of methoxy groups -OCH3 is 2. The maximum absolute atomic E-state index is 12.4. The molecule has 0 aromatic heterocycles. The number of nitrogens with zero attached hydrogens (tertiary/aromatic N) is 1. The van der Waals surface area contributed by atoms with Crippen LogP contribution in [0.15, 0.2) is 29.5 Å². The minimum Gasteiger partial charge on any atom is -0.503 e. The summed E-state index contributed by atoms with van der Waals surface area (Å²) in [5.74, 6) is -1.71. The molecule has 1 aliphatic heterocycles. The molecule has 0 radical (unpaired) electrons. The van der Waals surface area contributed by atoms with Gasteiger partial charge in [-0.1, -0.05) is 6.07 Å². The Morgan fingerprint density at radius 2 is 1.85 bits per heavy atom. The first-order valence-corrected chi connectivity index (χ1v) is 7.98. The highest BCUT2D eigenvalue weighted by atomic mass is 16.5. The number of amides is 1. The highest BCUT2D eigenvalue weighted by Crippen LogP contribution is 2.40. The van der Waals surface area contributed by atoms with Crippen molar-refractivity contribution in [3.8, 4) is 11.5 Å². The normalized spacial score (nSPS) is 16.7. The Morgan fingerprint density at radius 1 is 1.19 bits per heavy atom. The number of carbonyl (C=O) groups excluding carboxylic acids is 3. The molecule has 2 rings (SSSR count). The number of aliphatic hydroxyl groups excluding tert-OH is 1. The van der Waals surface area contributed by atoms with Gasteiger partial charge in [-0.25, -0.2) is 0 Å². The lowest BCUT2D eigenvalue weighted by Gasteiger charge is -2.26. The highest BCUT2D eigenvalue weighted by Gasteiger charge is 2.43. The summed E-state index contributed by atoms with van der Waals surface area (Å²) in [5, 5.41) is 10.2. The maximum Gasteiger partial charge on any atom is 0.325 e. The molecule has 1 amide bonds. The topological polar surface area (TPSA) is 102 Å². The van der Waals surface area contributed by atoms with E-state index in [1.54, 1.807) is 25.1 Å². The standard InChI is InChI=1S/C18H21NO7/c1-5-26-14(21)9-19-16(15(10(2)20)17(22)18(19)23)11-6-7-12(24-3)13(8-11)25-4/h6-8,16,22H,5,9H2,1-4H3. The van der Waals surface area contributed by atoms with E-state index in [-0.39, 0.29) is 12.2 Å². The summed E-state index contributed by atoms with van der Waals surface area (Å²) in [6.45, 7) is 2.65. The molecule has 1 aromatic rings. The van der Waals surface area contributed by atoms with Crippen LogP contribution in [0.5, 0.6) is 11.5 Å². The molecule has 0 saturated heterocycles. The molecule has 1 aliphatic rings. The van der Waals surface area contributed by atoms with Gasteiger partial charge in [0.2, 0.25) is 0 Å². The Morgan fingerprint density at radius 3 is 2.38 bits per heavy atom. The average Bonchev–Trinajstić information content (AvgIpc) is 2.86. The van der Waals surface area contributed by atoms with Gasteiger partial charge in [0.05, 0.1) is 32.4 Å². The van der Waals surface area contributed by atoms with E-state index >= 15 is 0 Å². The molecule has 0 aliphatic carbocycles.